The number of amides is 1. The van der Waals surface area contributed by atoms with E-state index in [2.05, 4.69) is 0 Å². The van der Waals surface area contributed by atoms with Gasteiger partial charge < -0.3 is 15.1 Å². The molecule has 1 aliphatic heterocycles. The monoisotopic (exact) mass is 328 g/mol. The number of sulfonamides is 1. The highest BCUT2D eigenvalue weighted by molar-refractivity contribution is 7.89. The van der Waals surface area contributed by atoms with Gasteiger partial charge in [-0.05, 0) is 17.7 Å². The van der Waals surface area contributed by atoms with Crippen LogP contribution in [0.5, 0.6) is 5.75 Å². The molecule has 1 aliphatic rings. The third-order valence-electron chi connectivity index (χ3n) is 3.46. The zero-order valence-electron chi connectivity index (χ0n) is 11.5. The van der Waals surface area contributed by atoms with E-state index < -0.39 is 33.9 Å². The van der Waals surface area contributed by atoms with Crippen molar-refractivity contribution in [2.75, 3.05) is 12.3 Å². The average molecular weight is 328 g/mol. The second kappa shape index (κ2) is 5.93. The Morgan fingerprint density at radius 2 is 1.95 bits per heavy atom. The van der Waals surface area contributed by atoms with Crippen molar-refractivity contribution in [2.24, 2.45) is 11.1 Å². The summed E-state index contributed by atoms with van der Waals surface area (Å²) in [7, 11) is -3.73. The first-order valence-corrected chi connectivity index (χ1v) is 8.20. The molecule has 0 saturated carbocycles. The van der Waals surface area contributed by atoms with Crippen LogP contribution in [0.2, 0.25) is 0 Å². The quantitative estimate of drug-likeness (QED) is 0.675. The fraction of sp³-hybridized carbons (Fsp3) is 0.385. The van der Waals surface area contributed by atoms with Crippen LogP contribution in [0.1, 0.15) is 18.0 Å². The van der Waals surface area contributed by atoms with Crippen LogP contribution in [0.3, 0.4) is 0 Å². The summed E-state index contributed by atoms with van der Waals surface area (Å²) in [5.74, 6) is -2.57. The minimum absolute atomic E-state index is 0.00705. The van der Waals surface area contributed by atoms with Crippen molar-refractivity contribution < 1.29 is 28.2 Å². The summed E-state index contributed by atoms with van der Waals surface area (Å²) in [5.41, 5.74) is 0.329. The van der Waals surface area contributed by atoms with Crippen molar-refractivity contribution in [3.63, 3.8) is 0 Å². The molecule has 2 atom stereocenters. The lowest BCUT2D eigenvalue weighted by molar-refractivity contribution is -0.148. The molecule has 0 aromatic heterocycles. The predicted molar refractivity (Wildman–Crippen MR) is 76.3 cm³/mol. The summed E-state index contributed by atoms with van der Waals surface area (Å²) < 4.78 is 22.2. The molecule has 1 amide bonds. The summed E-state index contributed by atoms with van der Waals surface area (Å²) >= 11 is 0. The SMILES string of the molecule is NS(=O)(=O)CC1CC(=O)N([C@@H](C(=O)O)c2ccc(O)cc2)C1. The zero-order chi connectivity index (χ0) is 16.5. The van der Waals surface area contributed by atoms with Gasteiger partial charge in [0, 0.05) is 18.9 Å². The van der Waals surface area contributed by atoms with E-state index in [0.717, 1.165) is 4.90 Å². The Balaban J connectivity index is 2.24. The number of carbonyl (C=O) groups is 2. The Morgan fingerprint density at radius 1 is 1.36 bits per heavy atom. The highest BCUT2D eigenvalue weighted by Crippen LogP contribution is 2.30. The van der Waals surface area contributed by atoms with E-state index >= 15 is 0 Å². The Bertz CT molecular complexity index is 685. The van der Waals surface area contributed by atoms with E-state index in [1.807, 2.05) is 0 Å². The topological polar surface area (TPSA) is 138 Å². The van der Waals surface area contributed by atoms with Crippen molar-refractivity contribution in [1.82, 2.24) is 4.90 Å². The summed E-state index contributed by atoms with van der Waals surface area (Å²) in [6, 6.07) is 4.25. The van der Waals surface area contributed by atoms with Gasteiger partial charge in [-0.3, -0.25) is 4.79 Å². The summed E-state index contributed by atoms with van der Waals surface area (Å²) in [6.45, 7) is 0.00705. The van der Waals surface area contributed by atoms with Crippen LogP contribution >= 0.6 is 0 Å². The molecular weight excluding hydrogens is 312 g/mol. The van der Waals surface area contributed by atoms with Gasteiger partial charge in [0.25, 0.3) is 0 Å². The molecule has 0 radical (unpaired) electrons. The molecule has 4 N–H and O–H groups in total. The lowest BCUT2D eigenvalue weighted by Gasteiger charge is -2.25. The van der Waals surface area contributed by atoms with Crippen LogP contribution in [-0.4, -0.2) is 47.7 Å². The lowest BCUT2D eigenvalue weighted by Crippen LogP contribution is -2.36. The van der Waals surface area contributed by atoms with Crippen molar-refractivity contribution in [2.45, 2.75) is 12.5 Å². The molecular formula is C13H16N2O6S. The van der Waals surface area contributed by atoms with Crippen LogP contribution in [-0.2, 0) is 19.6 Å². The van der Waals surface area contributed by atoms with Gasteiger partial charge in [-0.25, -0.2) is 18.4 Å². The Kier molecular flexibility index (Phi) is 4.38. The molecule has 120 valence electrons. The molecule has 1 heterocycles. The van der Waals surface area contributed by atoms with Crippen molar-refractivity contribution in [3.05, 3.63) is 29.8 Å². The zero-order valence-corrected chi connectivity index (χ0v) is 12.4. The third kappa shape index (κ3) is 3.74. The normalized spacial score (nSPS) is 20.1. The number of hydrogen-bond donors (Lipinski definition) is 3. The van der Waals surface area contributed by atoms with Crippen LogP contribution in [0.4, 0.5) is 0 Å². The number of carboxylic acid groups (broad SMARTS) is 1. The number of carbonyl (C=O) groups excluding carboxylic acids is 1. The Morgan fingerprint density at radius 3 is 2.45 bits per heavy atom. The molecule has 1 unspecified atom stereocenters. The van der Waals surface area contributed by atoms with Gasteiger partial charge in [0.2, 0.25) is 15.9 Å². The summed E-state index contributed by atoms with van der Waals surface area (Å²) in [4.78, 5) is 24.7. The van der Waals surface area contributed by atoms with E-state index in [9.17, 15) is 28.2 Å². The fourth-order valence-corrected chi connectivity index (χ4v) is 3.49. The van der Waals surface area contributed by atoms with E-state index in [4.69, 9.17) is 5.14 Å². The van der Waals surface area contributed by atoms with Crippen LogP contribution < -0.4 is 5.14 Å². The number of carboxylic acids is 1. The van der Waals surface area contributed by atoms with Crippen molar-refractivity contribution in [1.29, 1.82) is 0 Å². The first-order chi connectivity index (χ1) is 10.2. The number of phenolic OH excluding ortho intramolecular Hbond substituents is 1. The van der Waals surface area contributed by atoms with E-state index in [-0.39, 0.29) is 24.5 Å². The van der Waals surface area contributed by atoms with Crippen molar-refractivity contribution >= 4 is 21.9 Å². The fourth-order valence-electron chi connectivity index (χ4n) is 2.61. The molecule has 8 nitrogen and oxygen atoms in total. The third-order valence-corrected chi connectivity index (χ3v) is 4.40. The van der Waals surface area contributed by atoms with E-state index in [1.165, 1.54) is 24.3 Å². The van der Waals surface area contributed by atoms with E-state index in [0.29, 0.717) is 5.56 Å². The number of hydrogen-bond acceptors (Lipinski definition) is 5. The summed E-state index contributed by atoms with van der Waals surface area (Å²) in [5, 5.41) is 23.6. The molecule has 2 rings (SSSR count). The minimum Gasteiger partial charge on any atom is -0.508 e. The van der Waals surface area contributed by atoms with Gasteiger partial charge in [-0.2, -0.15) is 0 Å². The second-order valence-electron chi connectivity index (χ2n) is 5.28. The van der Waals surface area contributed by atoms with Gasteiger partial charge in [0.15, 0.2) is 6.04 Å². The first-order valence-electron chi connectivity index (χ1n) is 6.49. The smallest absolute Gasteiger partial charge is 0.331 e. The van der Waals surface area contributed by atoms with Gasteiger partial charge in [-0.15, -0.1) is 0 Å². The highest BCUT2D eigenvalue weighted by atomic mass is 32.2. The number of rotatable bonds is 5. The molecule has 1 fully saturated rings. The van der Waals surface area contributed by atoms with Crippen LogP contribution in [0.25, 0.3) is 0 Å². The number of primary sulfonamides is 1. The van der Waals surface area contributed by atoms with Gasteiger partial charge >= 0.3 is 5.97 Å². The molecule has 0 spiro atoms. The molecule has 0 bridgehead atoms. The summed E-state index contributed by atoms with van der Waals surface area (Å²) in [6.07, 6.45) is -0.0572. The number of nitrogens with two attached hydrogens (primary N) is 1. The van der Waals surface area contributed by atoms with Crippen LogP contribution in [0.15, 0.2) is 24.3 Å². The molecule has 0 aliphatic carbocycles. The largest absolute Gasteiger partial charge is 0.508 e. The Labute approximate surface area is 127 Å². The maximum Gasteiger partial charge on any atom is 0.331 e. The highest BCUT2D eigenvalue weighted by Gasteiger charge is 2.39. The van der Waals surface area contributed by atoms with Gasteiger partial charge in [-0.1, -0.05) is 12.1 Å². The molecule has 1 saturated heterocycles. The number of phenols is 1. The number of benzene rings is 1. The lowest BCUT2D eigenvalue weighted by atomic mass is 10.1. The molecule has 22 heavy (non-hydrogen) atoms. The van der Waals surface area contributed by atoms with Crippen LogP contribution in [0, 0.1) is 5.92 Å². The molecule has 1 aromatic carbocycles. The maximum absolute atomic E-state index is 12.0. The number of likely N-dealkylation sites (tertiary alicyclic amines) is 1. The first kappa shape index (κ1) is 16.2. The Hall–Kier alpha value is -2.13. The second-order valence-corrected chi connectivity index (χ2v) is 6.94. The maximum atomic E-state index is 12.0. The number of nitrogens with zero attached hydrogens (tertiary/aromatic N) is 1. The standard InChI is InChI=1S/C13H16N2O6S/c14-22(20,21)7-8-5-11(17)15(6-8)12(13(18)19)9-1-3-10(16)4-2-9/h1-4,8,12,16H,5-7H2,(H,18,19)(H2,14,20,21)/t8?,12-/m1/s1. The molecule has 1 aromatic rings. The minimum atomic E-state index is -3.73. The predicted octanol–water partition coefficient (Wildman–Crippen LogP) is -0.345. The number of aromatic hydroxyl groups is 1. The van der Waals surface area contributed by atoms with Gasteiger partial charge in [0.1, 0.15) is 5.75 Å². The average Bonchev–Trinajstić information content (AvgIpc) is 2.70. The van der Waals surface area contributed by atoms with Gasteiger partial charge in [0.05, 0.1) is 5.75 Å². The van der Waals surface area contributed by atoms with E-state index in [1.54, 1.807) is 0 Å². The van der Waals surface area contributed by atoms with Crippen molar-refractivity contribution in [3.8, 4) is 5.75 Å². The molecule has 9 heteroatoms. The number of aliphatic carboxylic acids is 1.